The van der Waals surface area contributed by atoms with Gasteiger partial charge in [-0.15, -0.1) is 0 Å². The molecule has 5 atom stereocenters. The van der Waals surface area contributed by atoms with Crippen molar-refractivity contribution in [1.82, 2.24) is 31.1 Å². The molecule has 1 spiro atoms. The lowest BCUT2D eigenvalue weighted by Gasteiger charge is -2.39. The van der Waals surface area contributed by atoms with Gasteiger partial charge < -0.3 is 15.0 Å². The number of halogens is 2. The highest BCUT2D eigenvalue weighted by Gasteiger charge is 2.43. The summed E-state index contributed by atoms with van der Waals surface area (Å²) in [7, 11) is 0. The fourth-order valence-electron chi connectivity index (χ4n) is 6.58. The second-order valence-corrected chi connectivity index (χ2v) is 11.7. The molecule has 37 heavy (non-hydrogen) atoms. The lowest BCUT2D eigenvalue weighted by Crippen LogP contribution is -2.51. The quantitative estimate of drug-likeness (QED) is 0.519. The van der Waals surface area contributed by atoms with Crippen molar-refractivity contribution in [3.8, 4) is 0 Å². The molecule has 11 heteroatoms. The van der Waals surface area contributed by atoms with Crippen LogP contribution in [0, 0.1) is 5.92 Å². The second-order valence-electron chi connectivity index (χ2n) is 10.9. The minimum atomic E-state index is -0.214. The van der Waals surface area contributed by atoms with Crippen LogP contribution < -0.4 is 21.1 Å². The number of hydrogen-bond donors (Lipinski definition) is 3. The summed E-state index contributed by atoms with van der Waals surface area (Å²) in [4.78, 5) is 27.5. The molecule has 1 saturated carbocycles. The Hall–Kier alpha value is -2.04. The van der Waals surface area contributed by atoms with Gasteiger partial charge in [0.15, 0.2) is 0 Å². The molecule has 5 heterocycles. The first-order valence-corrected chi connectivity index (χ1v) is 14.0. The van der Waals surface area contributed by atoms with Crippen LogP contribution in [0.3, 0.4) is 0 Å². The van der Waals surface area contributed by atoms with Gasteiger partial charge in [-0.1, -0.05) is 23.2 Å². The molecule has 0 bridgehead atoms. The predicted molar refractivity (Wildman–Crippen MR) is 141 cm³/mol. The number of carbonyl (C=O) groups excluding carboxylic acids is 1. The third-order valence-corrected chi connectivity index (χ3v) is 9.26. The van der Waals surface area contributed by atoms with Gasteiger partial charge in [-0.05, 0) is 51.4 Å². The zero-order valence-electron chi connectivity index (χ0n) is 20.9. The van der Waals surface area contributed by atoms with Crippen LogP contribution in [0.25, 0.3) is 0 Å². The summed E-state index contributed by atoms with van der Waals surface area (Å²) in [6.07, 6.45) is 13.4. The monoisotopic (exact) mass is 545 g/mol. The second kappa shape index (κ2) is 10.3. The lowest BCUT2D eigenvalue weighted by atomic mass is 9.78. The van der Waals surface area contributed by atoms with E-state index >= 15 is 0 Å². The molecule has 0 radical (unpaired) electrons. The summed E-state index contributed by atoms with van der Waals surface area (Å²) in [6, 6.07) is 0.500. The van der Waals surface area contributed by atoms with Crippen molar-refractivity contribution in [2.75, 3.05) is 18.0 Å². The average Bonchev–Trinajstić information content (AvgIpc) is 3.47. The molecule has 1 amide bonds. The highest BCUT2D eigenvalue weighted by atomic mass is 35.5. The number of aromatic nitrogens is 3. The van der Waals surface area contributed by atoms with Gasteiger partial charge in [0.05, 0.1) is 28.3 Å². The average molecular weight is 547 g/mol. The molecule has 1 aliphatic carbocycles. The van der Waals surface area contributed by atoms with Crippen molar-refractivity contribution in [2.45, 2.75) is 81.7 Å². The van der Waals surface area contributed by atoms with Crippen molar-refractivity contribution in [3.63, 3.8) is 0 Å². The first-order chi connectivity index (χ1) is 17.9. The number of pyridine rings is 1. The molecule has 4 unspecified atom stereocenters. The van der Waals surface area contributed by atoms with Crippen LogP contribution in [0.2, 0.25) is 10.0 Å². The van der Waals surface area contributed by atoms with Crippen LogP contribution in [-0.4, -0.2) is 51.6 Å². The molecule has 2 aromatic rings. The molecule has 6 rings (SSSR count). The Balaban J connectivity index is 1.08. The fourth-order valence-corrected chi connectivity index (χ4v) is 7.25. The van der Waals surface area contributed by atoms with Crippen molar-refractivity contribution in [3.05, 3.63) is 46.0 Å². The Bertz CT molecular complexity index is 1120. The Morgan fingerprint density at radius 2 is 1.78 bits per heavy atom. The topological polar surface area (TPSA) is 104 Å². The van der Waals surface area contributed by atoms with E-state index in [2.05, 4.69) is 26.1 Å². The number of nitrogens with one attached hydrogen (secondary N) is 3. The fraction of sp³-hybridized carbons (Fsp3) is 0.615. The summed E-state index contributed by atoms with van der Waals surface area (Å²) in [6.45, 7) is 3.71. The molecular formula is C26H33Cl2N7O2. The number of hydrogen-bond acceptors (Lipinski definition) is 8. The molecule has 0 aromatic carbocycles. The van der Waals surface area contributed by atoms with Crippen LogP contribution in [-0.2, 0) is 9.53 Å². The number of rotatable bonds is 5. The van der Waals surface area contributed by atoms with Crippen molar-refractivity contribution >= 4 is 35.1 Å². The molecule has 2 aromatic heterocycles. The Kier molecular flexibility index (Phi) is 7.00. The predicted octanol–water partition coefficient (Wildman–Crippen LogP) is 3.89. The summed E-state index contributed by atoms with van der Waals surface area (Å²) in [5.41, 5.74) is 8.82. The van der Waals surface area contributed by atoms with Crippen LogP contribution >= 0.6 is 23.2 Å². The van der Waals surface area contributed by atoms with Gasteiger partial charge in [0.1, 0.15) is 0 Å². The van der Waals surface area contributed by atoms with E-state index in [4.69, 9.17) is 37.9 Å². The van der Waals surface area contributed by atoms with Crippen molar-refractivity contribution < 1.29 is 9.53 Å². The summed E-state index contributed by atoms with van der Waals surface area (Å²) < 4.78 is 6.46. The maximum absolute atomic E-state index is 11.7. The Labute approximate surface area is 227 Å². The number of anilines is 1. The van der Waals surface area contributed by atoms with Gasteiger partial charge in [0.25, 0.3) is 0 Å². The first-order valence-electron chi connectivity index (χ1n) is 13.2. The Morgan fingerprint density at radius 1 is 1.05 bits per heavy atom. The van der Waals surface area contributed by atoms with E-state index in [1.807, 2.05) is 19.3 Å². The highest BCUT2D eigenvalue weighted by Crippen LogP contribution is 2.41. The molecule has 4 aliphatic rings. The van der Waals surface area contributed by atoms with Crippen LogP contribution in [0.1, 0.15) is 75.1 Å². The van der Waals surface area contributed by atoms with E-state index < -0.39 is 0 Å². The lowest BCUT2D eigenvalue weighted by molar-refractivity contribution is -0.119. The van der Waals surface area contributed by atoms with Gasteiger partial charge in [0.2, 0.25) is 11.9 Å². The Morgan fingerprint density at radius 3 is 2.46 bits per heavy atom. The summed E-state index contributed by atoms with van der Waals surface area (Å²) >= 11 is 12.7. The van der Waals surface area contributed by atoms with Crippen LogP contribution in [0.4, 0.5) is 5.95 Å². The molecule has 9 nitrogen and oxygen atoms in total. The maximum atomic E-state index is 11.7. The normalized spacial score (nSPS) is 29.8. The zero-order valence-corrected chi connectivity index (χ0v) is 22.4. The molecule has 3 aliphatic heterocycles. The summed E-state index contributed by atoms with van der Waals surface area (Å²) in [5, 5.41) is 4.26. The number of ether oxygens (including phenoxy) is 1. The molecule has 4 fully saturated rings. The van der Waals surface area contributed by atoms with E-state index in [1.54, 1.807) is 12.4 Å². The van der Waals surface area contributed by atoms with E-state index in [0.717, 1.165) is 68.7 Å². The minimum Gasteiger partial charge on any atom is -0.370 e. The number of amides is 1. The molecule has 198 valence electrons. The zero-order chi connectivity index (χ0) is 25.6. The third kappa shape index (κ3) is 5.04. The van der Waals surface area contributed by atoms with Gasteiger partial charge in [-0.25, -0.2) is 15.4 Å². The number of piperidine rings is 1. The number of nitrogens with zero attached hydrogens (tertiary/aromatic N) is 4. The summed E-state index contributed by atoms with van der Waals surface area (Å²) in [5.74, 6) is 1.31. The molecule has 3 saturated heterocycles. The van der Waals surface area contributed by atoms with Crippen molar-refractivity contribution in [2.24, 2.45) is 5.92 Å². The minimum absolute atomic E-state index is 0.0207. The largest absolute Gasteiger partial charge is 0.370 e. The molecule has 3 N–H and O–H groups in total. The van der Waals surface area contributed by atoms with Gasteiger partial charge >= 0.3 is 0 Å². The standard InChI is InChI=1S/C26H33Cl2N7O2/c1-15(23-19(27)13-29-14-20(23)28)37-17-2-3-21-18(10-17)24(34-33-21)16-11-30-25(31-12-16)35-8-6-26(7-9-35)5-4-22(36)32-26/h11-15,17-18,21,24,33-34H,2-10H2,1H3,(H,32,36)/t15-,17?,18?,21?,24?/m1/s1. The van der Waals surface area contributed by atoms with E-state index in [0.29, 0.717) is 28.4 Å². The highest BCUT2D eigenvalue weighted by molar-refractivity contribution is 6.35. The van der Waals surface area contributed by atoms with Gasteiger partial charge in [-0.2, -0.15) is 0 Å². The first kappa shape index (κ1) is 25.2. The third-order valence-electron chi connectivity index (χ3n) is 8.65. The van der Waals surface area contributed by atoms with E-state index in [1.165, 1.54) is 0 Å². The van der Waals surface area contributed by atoms with Crippen LogP contribution in [0.15, 0.2) is 24.8 Å². The van der Waals surface area contributed by atoms with Crippen molar-refractivity contribution in [1.29, 1.82) is 0 Å². The number of hydrazine groups is 1. The van der Waals surface area contributed by atoms with Gasteiger partial charge in [-0.3, -0.25) is 15.2 Å². The van der Waals surface area contributed by atoms with Crippen LogP contribution in [0.5, 0.6) is 0 Å². The molecular weight excluding hydrogens is 513 g/mol. The van der Waals surface area contributed by atoms with E-state index in [9.17, 15) is 4.79 Å². The van der Waals surface area contributed by atoms with E-state index in [-0.39, 0.29) is 29.7 Å². The maximum Gasteiger partial charge on any atom is 0.225 e. The smallest absolute Gasteiger partial charge is 0.225 e. The number of fused-ring (bicyclic) bond motifs is 1. The SMILES string of the molecule is C[C@@H](OC1CCC2NNC(c3cnc(N4CCC5(CCC(=O)N5)CC4)nc3)C2C1)c1c(Cl)cncc1Cl. The number of carbonyl (C=O) groups is 1. The van der Waals surface area contributed by atoms with Gasteiger partial charge in [0, 0.05) is 67.0 Å².